The van der Waals surface area contributed by atoms with Gasteiger partial charge in [-0.1, -0.05) is 5.16 Å². The van der Waals surface area contributed by atoms with Gasteiger partial charge in [-0.15, -0.1) is 21.1 Å². The summed E-state index contributed by atoms with van der Waals surface area (Å²) >= 11 is 1.86. The van der Waals surface area contributed by atoms with E-state index in [9.17, 15) is 38.6 Å². The van der Waals surface area contributed by atoms with E-state index in [-0.39, 0.29) is 59.8 Å². The van der Waals surface area contributed by atoms with E-state index in [1.54, 1.807) is 0 Å². The number of fused-ring (bicyclic) bond motifs is 1. The molecule has 9 N–H and O–H groups in total. The molecular weight excluding hydrogens is 653 g/mol. The van der Waals surface area contributed by atoms with Crippen LogP contribution in [0, 0.1) is 0 Å². The minimum atomic E-state index is -1.84. The summed E-state index contributed by atoms with van der Waals surface area (Å²) in [4.78, 5) is 72.2. The number of amides is 3. The average Bonchev–Trinajstić information content (AvgIpc) is 3.54. The first kappa shape index (κ1) is 34.1. The molecule has 3 amide bonds. The molecule has 0 unspecified atom stereocenters. The van der Waals surface area contributed by atoms with Crippen molar-refractivity contribution in [2.45, 2.75) is 50.4 Å². The number of anilines is 3. The van der Waals surface area contributed by atoms with Crippen molar-refractivity contribution >= 4 is 75.3 Å². The molecule has 1 saturated heterocycles. The fourth-order valence-electron chi connectivity index (χ4n) is 4.37. The maximum absolute atomic E-state index is 13.4. The van der Waals surface area contributed by atoms with E-state index in [0.717, 1.165) is 28.2 Å². The normalized spacial score (nSPS) is 18.1. The molecule has 2 aromatic heterocycles. The Morgan fingerprint density at radius 2 is 2.04 bits per heavy atom. The van der Waals surface area contributed by atoms with Gasteiger partial charge in [0.15, 0.2) is 23.2 Å². The molecule has 46 heavy (non-hydrogen) atoms. The number of aromatic nitrogens is 4. The molecule has 248 valence electrons. The van der Waals surface area contributed by atoms with E-state index in [2.05, 4.69) is 25.1 Å². The summed E-state index contributed by atoms with van der Waals surface area (Å²) in [5.74, 6) is -5.50. The minimum absolute atomic E-state index is 0.00948. The first-order valence-corrected chi connectivity index (χ1v) is 15.2. The van der Waals surface area contributed by atoms with Crippen LogP contribution < -0.4 is 37.6 Å². The summed E-state index contributed by atoms with van der Waals surface area (Å²) in [5, 5.41) is 29.4. The van der Waals surface area contributed by atoms with E-state index in [1.165, 1.54) is 29.4 Å². The van der Waals surface area contributed by atoms with Crippen molar-refractivity contribution in [2.24, 2.45) is 10.9 Å². The van der Waals surface area contributed by atoms with Crippen LogP contribution in [0.1, 0.15) is 26.1 Å². The predicted octanol–water partition coefficient (Wildman–Crippen LogP) is -3.26. The number of aliphatic carboxylic acids is 2. The molecule has 0 saturated carbocycles. The number of nitrogens with two attached hydrogens (primary N) is 3. The number of rotatable bonds is 14. The quantitative estimate of drug-likeness (QED) is 0.0493. The molecule has 0 spiro atoms. The van der Waals surface area contributed by atoms with Crippen LogP contribution in [0.4, 0.5) is 21.0 Å². The Labute approximate surface area is 267 Å². The van der Waals surface area contributed by atoms with E-state index in [0.29, 0.717) is 0 Å². The Morgan fingerprint density at radius 3 is 2.63 bits per heavy atom. The lowest BCUT2D eigenvalue weighted by Gasteiger charge is -2.50. The molecule has 0 bridgehead atoms. The number of nitrogen functional groups attached to an aromatic ring is 2. The van der Waals surface area contributed by atoms with Crippen molar-refractivity contribution in [3.05, 3.63) is 23.3 Å². The Morgan fingerprint density at radius 1 is 1.33 bits per heavy atom. The van der Waals surface area contributed by atoms with Crippen molar-refractivity contribution < 1.29 is 48.1 Å². The van der Waals surface area contributed by atoms with Gasteiger partial charge in [0.25, 0.3) is 11.8 Å². The standard InChI is InChI=1S/C24H30FN11O8S2/c1-24(2,22(42)43)44-32-13(17-31-23(28)46-33-17)18(38)30-14-19(39)36-15(21(40)41)10(9-45-20(14)36)7-34-8-11(29-12(37)3-5-26)16(27)35(34)6-4-25/h8,14,20,27H,3-7,9,26H2,1-2H3,(H6,28,29,30,31,33,37,38,40,41,42,43)/b32-13-/t14-,20-/m1/s1. The fourth-order valence-corrected chi connectivity index (χ4v) is 6.14. The summed E-state index contributed by atoms with van der Waals surface area (Å²) < 4.78 is 20.0. The molecular formula is C24H30FN11O8S2. The van der Waals surface area contributed by atoms with Crippen LogP contribution in [0.3, 0.4) is 0 Å². The highest BCUT2D eigenvalue weighted by molar-refractivity contribution is 8.00. The number of thioether (sulfide) groups is 1. The molecule has 0 radical (unpaired) electrons. The fraction of sp³-hybridized carbons (Fsp3) is 0.458. The Kier molecular flexibility index (Phi) is 10.1. The number of halogens is 1. The maximum atomic E-state index is 13.4. The highest BCUT2D eigenvalue weighted by Gasteiger charge is 2.53. The number of alkyl halides is 1. The Bertz CT molecular complexity index is 1640. The highest BCUT2D eigenvalue weighted by Crippen LogP contribution is 2.40. The largest absolute Gasteiger partial charge is 0.543 e. The molecule has 22 heteroatoms. The summed E-state index contributed by atoms with van der Waals surface area (Å²) in [5.41, 5.74) is 14.7. The van der Waals surface area contributed by atoms with Gasteiger partial charge in [-0.05, 0) is 13.8 Å². The van der Waals surface area contributed by atoms with Gasteiger partial charge in [0, 0.05) is 35.8 Å². The number of nitrogens with zero attached hydrogens (tertiary/aromatic N) is 6. The molecule has 4 heterocycles. The van der Waals surface area contributed by atoms with Crippen molar-refractivity contribution in [3.8, 4) is 0 Å². The minimum Gasteiger partial charge on any atom is -0.543 e. The zero-order valence-electron chi connectivity index (χ0n) is 24.4. The lowest BCUT2D eigenvalue weighted by Crippen LogP contribution is -2.71. The third kappa shape index (κ3) is 6.87. The molecule has 1 fully saturated rings. The molecule has 2 aromatic rings. The molecule has 2 aliphatic rings. The summed E-state index contributed by atoms with van der Waals surface area (Å²) in [7, 11) is 0. The smallest absolute Gasteiger partial charge is 0.350 e. The number of hydrogen-bond acceptors (Lipinski definition) is 15. The number of hydrogen-bond donors (Lipinski definition) is 6. The molecule has 2 aliphatic heterocycles. The van der Waals surface area contributed by atoms with Crippen LogP contribution in [0.25, 0.3) is 0 Å². The first-order valence-electron chi connectivity index (χ1n) is 13.4. The number of carbonyl (C=O) groups excluding carboxylic acids is 4. The number of carboxylic acids is 2. The van der Waals surface area contributed by atoms with Crippen LogP contribution in [-0.4, -0.2) is 95.4 Å². The first-order chi connectivity index (χ1) is 21.7. The lowest BCUT2D eigenvalue weighted by molar-refractivity contribution is -0.767. The van der Waals surface area contributed by atoms with E-state index < -0.39 is 64.8 Å². The van der Waals surface area contributed by atoms with Gasteiger partial charge in [-0.3, -0.25) is 19.3 Å². The average molecular weight is 684 g/mol. The molecule has 4 rings (SSSR count). The second-order valence-electron chi connectivity index (χ2n) is 10.3. The van der Waals surface area contributed by atoms with Crippen LogP contribution in [-0.2, 0) is 41.9 Å². The van der Waals surface area contributed by atoms with Gasteiger partial charge >= 0.3 is 5.97 Å². The second-order valence-corrected chi connectivity index (χ2v) is 12.2. The topological polar surface area (TPSA) is 290 Å². The molecule has 19 nitrogen and oxygen atoms in total. The van der Waals surface area contributed by atoms with Gasteiger partial charge in [-0.25, -0.2) is 9.18 Å². The monoisotopic (exact) mass is 683 g/mol. The number of carboxylic acid groups (broad SMARTS) is 2. The third-order valence-corrected chi connectivity index (χ3v) is 8.60. The van der Waals surface area contributed by atoms with Crippen LogP contribution in [0.2, 0.25) is 0 Å². The number of oxime groups is 1. The van der Waals surface area contributed by atoms with E-state index in [4.69, 9.17) is 22.0 Å². The summed E-state index contributed by atoms with van der Waals surface area (Å²) in [6.07, 6.45) is 1.42. The zero-order chi connectivity index (χ0) is 33.9. The SMILES string of the molecule is CC(C)(O/N=C(\C(=O)N[C@@H]1C(=O)N2C(C(=O)[O-])=C(C[n+]3cc(NC(=O)CCN)c(N)n3CCF)CS[C@H]12)c1nsc(N)n1)C(=O)O. The van der Waals surface area contributed by atoms with Gasteiger partial charge in [0.1, 0.15) is 24.6 Å². The van der Waals surface area contributed by atoms with E-state index >= 15 is 0 Å². The maximum Gasteiger partial charge on any atom is 0.350 e. The molecule has 0 aliphatic carbocycles. The summed E-state index contributed by atoms with van der Waals surface area (Å²) in [6, 6.07) is -1.23. The van der Waals surface area contributed by atoms with E-state index in [1.807, 2.05) is 0 Å². The van der Waals surface area contributed by atoms with Gasteiger partial charge < -0.3 is 47.7 Å². The van der Waals surface area contributed by atoms with Crippen LogP contribution >= 0.6 is 23.3 Å². The Hall–Kier alpha value is -4.83. The summed E-state index contributed by atoms with van der Waals surface area (Å²) in [6.45, 7) is 1.27. The van der Waals surface area contributed by atoms with Gasteiger partial charge in [0.2, 0.25) is 29.2 Å². The molecule has 2 atom stereocenters. The number of nitrogens with one attached hydrogen (secondary N) is 2. The Balaban J connectivity index is 1.58. The number of β-lactam (4-membered cyclic amide) rings is 1. The van der Waals surface area contributed by atoms with Crippen molar-refractivity contribution in [1.29, 1.82) is 0 Å². The predicted molar refractivity (Wildman–Crippen MR) is 158 cm³/mol. The van der Waals surface area contributed by atoms with Crippen molar-refractivity contribution in [1.82, 2.24) is 24.3 Å². The van der Waals surface area contributed by atoms with Crippen molar-refractivity contribution in [2.75, 3.05) is 35.8 Å². The lowest BCUT2D eigenvalue weighted by atomic mass is 10.0. The highest BCUT2D eigenvalue weighted by atomic mass is 32.2. The van der Waals surface area contributed by atoms with Gasteiger partial charge in [0.05, 0.1) is 11.7 Å². The zero-order valence-corrected chi connectivity index (χ0v) is 26.0. The number of carbonyl (C=O) groups is 5. The molecule has 0 aromatic carbocycles. The second kappa shape index (κ2) is 13.7. The van der Waals surface area contributed by atoms with Crippen LogP contribution in [0.15, 0.2) is 22.6 Å². The van der Waals surface area contributed by atoms with Crippen molar-refractivity contribution in [3.63, 3.8) is 0 Å². The van der Waals surface area contributed by atoms with Gasteiger partial charge in [-0.2, -0.15) is 9.36 Å². The van der Waals surface area contributed by atoms with Crippen LogP contribution in [0.5, 0.6) is 0 Å². The third-order valence-electron chi connectivity index (χ3n) is 6.71.